The van der Waals surface area contributed by atoms with Crippen molar-refractivity contribution in [3.8, 4) is 0 Å². The zero-order chi connectivity index (χ0) is 15.9. The summed E-state index contributed by atoms with van der Waals surface area (Å²) in [6.07, 6.45) is 0.308. The molecule has 2 aromatic rings. The quantitative estimate of drug-likeness (QED) is 0.861. The summed E-state index contributed by atoms with van der Waals surface area (Å²) >= 11 is 0. The number of hydrogen-bond acceptors (Lipinski definition) is 2. The first-order valence-electron chi connectivity index (χ1n) is 7.17. The van der Waals surface area contributed by atoms with Crippen LogP contribution in [0.1, 0.15) is 30.4 Å². The van der Waals surface area contributed by atoms with Crippen molar-refractivity contribution in [1.29, 1.82) is 0 Å². The lowest BCUT2D eigenvalue weighted by Gasteiger charge is -2.22. The van der Waals surface area contributed by atoms with Crippen molar-refractivity contribution in [3.05, 3.63) is 71.8 Å². The lowest BCUT2D eigenvalue weighted by Crippen LogP contribution is -2.40. The number of carboxylic acid groups (broad SMARTS) is 1. The molecular weight excluding hydrogens is 278 g/mol. The first-order valence-corrected chi connectivity index (χ1v) is 7.17. The highest BCUT2D eigenvalue weighted by Crippen LogP contribution is 2.29. The molecule has 22 heavy (non-hydrogen) atoms. The van der Waals surface area contributed by atoms with Crippen LogP contribution in [-0.2, 0) is 9.59 Å². The third-order valence-corrected chi connectivity index (χ3v) is 3.55. The van der Waals surface area contributed by atoms with E-state index in [1.165, 1.54) is 6.92 Å². The summed E-state index contributed by atoms with van der Waals surface area (Å²) in [6.45, 7) is 1.33. The topological polar surface area (TPSA) is 66.4 Å². The van der Waals surface area contributed by atoms with E-state index in [4.69, 9.17) is 0 Å². The molecule has 1 atom stereocenters. The normalized spacial score (nSPS) is 11.9. The summed E-state index contributed by atoms with van der Waals surface area (Å²) in [5.74, 6) is -1.45. The number of carboxylic acids is 1. The van der Waals surface area contributed by atoms with Crippen molar-refractivity contribution < 1.29 is 14.7 Å². The molecule has 0 unspecified atom stereocenters. The van der Waals surface area contributed by atoms with Gasteiger partial charge in [0.25, 0.3) is 0 Å². The fraction of sp³-hybridized carbons (Fsp3) is 0.222. The number of rotatable bonds is 6. The predicted molar refractivity (Wildman–Crippen MR) is 84.6 cm³/mol. The highest BCUT2D eigenvalue weighted by molar-refractivity contribution is 5.82. The fourth-order valence-electron chi connectivity index (χ4n) is 2.54. The maximum absolute atomic E-state index is 11.4. The number of aliphatic carboxylic acids is 1. The Labute approximate surface area is 129 Å². The van der Waals surface area contributed by atoms with E-state index in [0.717, 1.165) is 11.1 Å². The van der Waals surface area contributed by atoms with Gasteiger partial charge in [-0.25, -0.2) is 4.79 Å². The SMILES string of the molecule is CC(=O)N[C@@H](CC(c1ccccc1)c1ccccc1)C(=O)O. The highest BCUT2D eigenvalue weighted by atomic mass is 16.4. The first kappa shape index (κ1) is 15.8. The van der Waals surface area contributed by atoms with E-state index < -0.39 is 12.0 Å². The Bertz CT molecular complexity index is 586. The maximum Gasteiger partial charge on any atom is 0.326 e. The second kappa shape index (κ2) is 7.41. The van der Waals surface area contributed by atoms with Crippen molar-refractivity contribution in [1.82, 2.24) is 5.32 Å². The van der Waals surface area contributed by atoms with Gasteiger partial charge >= 0.3 is 5.97 Å². The zero-order valence-corrected chi connectivity index (χ0v) is 12.4. The molecule has 0 radical (unpaired) electrons. The molecule has 2 rings (SSSR count). The Morgan fingerprint density at radius 2 is 1.41 bits per heavy atom. The third-order valence-electron chi connectivity index (χ3n) is 3.55. The average molecular weight is 297 g/mol. The van der Waals surface area contributed by atoms with Gasteiger partial charge in [0, 0.05) is 12.8 Å². The maximum atomic E-state index is 11.4. The van der Waals surface area contributed by atoms with E-state index in [9.17, 15) is 14.7 Å². The molecule has 0 saturated carbocycles. The predicted octanol–water partition coefficient (Wildman–Crippen LogP) is 2.80. The summed E-state index contributed by atoms with van der Waals surface area (Å²) in [7, 11) is 0. The number of nitrogens with one attached hydrogen (secondary N) is 1. The van der Waals surface area contributed by atoms with Crippen LogP contribution >= 0.6 is 0 Å². The Morgan fingerprint density at radius 3 is 1.77 bits per heavy atom. The average Bonchev–Trinajstić information content (AvgIpc) is 2.52. The Hall–Kier alpha value is -2.62. The van der Waals surface area contributed by atoms with E-state index in [2.05, 4.69) is 5.32 Å². The monoisotopic (exact) mass is 297 g/mol. The van der Waals surface area contributed by atoms with Gasteiger partial charge in [-0.05, 0) is 17.5 Å². The van der Waals surface area contributed by atoms with E-state index in [0.29, 0.717) is 6.42 Å². The van der Waals surface area contributed by atoms with Crippen LogP contribution in [0.4, 0.5) is 0 Å². The molecule has 0 spiro atoms. The van der Waals surface area contributed by atoms with Crippen molar-refractivity contribution in [3.63, 3.8) is 0 Å². The van der Waals surface area contributed by atoms with Crippen LogP contribution in [0.15, 0.2) is 60.7 Å². The molecule has 4 nitrogen and oxygen atoms in total. The number of carbonyl (C=O) groups excluding carboxylic acids is 1. The molecule has 0 aliphatic carbocycles. The second-order valence-corrected chi connectivity index (χ2v) is 5.20. The van der Waals surface area contributed by atoms with Gasteiger partial charge in [0.2, 0.25) is 5.91 Å². The summed E-state index contributed by atoms with van der Waals surface area (Å²) in [4.78, 5) is 22.7. The smallest absolute Gasteiger partial charge is 0.326 e. The van der Waals surface area contributed by atoms with Gasteiger partial charge < -0.3 is 10.4 Å². The molecule has 0 aromatic heterocycles. The Kier molecular flexibility index (Phi) is 5.31. The summed E-state index contributed by atoms with van der Waals surface area (Å²) < 4.78 is 0. The van der Waals surface area contributed by atoms with Crippen LogP contribution in [0.3, 0.4) is 0 Å². The largest absolute Gasteiger partial charge is 0.480 e. The van der Waals surface area contributed by atoms with Crippen LogP contribution in [0, 0.1) is 0 Å². The number of carbonyl (C=O) groups is 2. The molecule has 1 amide bonds. The molecule has 0 aliphatic rings. The van der Waals surface area contributed by atoms with E-state index in [1.807, 2.05) is 60.7 Å². The van der Waals surface area contributed by atoms with Gasteiger partial charge in [-0.3, -0.25) is 4.79 Å². The zero-order valence-electron chi connectivity index (χ0n) is 12.4. The molecular formula is C18H19NO3. The van der Waals surface area contributed by atoms with Gasteiger partial charge in [-0.15, -0.1) is 0 Å². The minimum atomic E-state index is -1.02. The minimum absolute atomic E-state index is 0.0876. The molecule has 0 aliphatic heterocycles. The summed E-state index contributed by atoms with van der Waals surface area (Å²) in [6, 6.07) is 18.6. The van der Waals surface area contributed by atoms with E-state index in [1.54, 1.807) is 0 Å². The van der Waals surface area contributed by atoms with Crippen LogP contribution in [0.5, 0.6) is 0 Å². The van der Waals surface area contributed by atoms with Crippen molar-refractivity contribution in [2.24, 2.45) is 0 Å². The molecule has 114 valence electrons. The van der Waals surface area contributed by atoms with Crippen molar-refractivity contribution in [2.75, 3.05) is 0 Å². The molecule has 0 bridgehead atoms. The van der Waals surface area contributed by atoms with Crippen LogP contribution in [0.25, 0.3) is 0 Å². The van der Waals surface area contributed by atoms with E-state index >= 15 is 0 Å². The summed E-state index contributed by atoms with van der Waals surface area (Å²) in [5.41, 5.74) is 2.07. The molecule has 4 heteroatoms. The van der Waals surface area contributed by atoms with Crippen molar-refractivity contribution >= 4 is 11.9 Å². The van der Waals surface area contributed by atoms with Crippen LogP contribution in [-0.4, -0.2) is 23.0 Å². The highest BCUT2D eigenvalue weighted by Gasteiger charge is 2.25. The Morgan fingerprint density at radius 1 is 0.955 bits per heavy atom. The number of amides is 1. The van der Waals surface area contributed by atoms with Crippen LogP contribution in [0.2, 0.25) is 0 Å². The molecule has 2 N–H and O–H groups in total. The minimum Gasteiger partial charge on any atom is -0.480 e. The fourth-order valence-corrected chi connectivity index (χ4v) is 2.54. The first-order chi connectivity index (χ1) is 10.6. The molecule has 2 aromatic carbocycles. The van der Waals surface area contributed by atoms with Crippen molar-refractivity contribution in [2.45, 2.75) is 25.3 Å². The molecule has 0 heterocycles. The third kappa shape index (κ3) is 4.19. The second-order valence-electron chi connectivity index (χ2n) is 5.20. The lowest BCUT2D eigenvalue weighted by atomic mass is 9.86. The van der Waals surface area contributed by atoms with Gasteiger partial charge in [0.15, 0.2) is 0 Å². The van der Waals surface area contributed by atoms with Crippen LogP contribution < -0.4 is 5.32 Å². The van der Waals surface area contributed by atoms with E-state index in [-0.39, 0.29) is 11.8 Å². The van der Waals surface area contributed by atoms with Gasteiger partial charge in [0.05, 0.1) is 0 Å². The van der Waals surface area contributed by atoms with Gasteiger partial charge in [-0.1, -0.05) is 60.7 Å². The summed E-state index contributed by atoms with van der Waals surface area (Å²) in [5, 5.41) is 11.9. The van der Waals surface area contributed by atoms with Gasteiger partial charge in [-0.2, -0.15) is 0 Å². The number of benzene rings is 2. The Balaban J connectivity index is 2.32. The van der Waals surface area contributed by atoms with Gasteiger partial charge in [0.1, 0.15) is 6.04 Å². The standard InChI is InChI=1S/C18H19NO3/c1-13(20)19-17(18(21)22)12-16(14-8-4-2-5-9-14)15-10-6-3-7-11-15/h2-11,16-17H,12H2,1H3,(H,19,20)(H,21,22)/t17-/m0/s1. The molecule has 0 saturated heterocycles. The number of hydrogen-bond donors (Lipinski definition) is 2. The lowest BCUT2D eigenvalue weighted by molar-refractivity contribution is -0.141. The molecule has 0 fully saturated rings.